The van der Waals surface area contributed by atoms with Gasteiger partial charge in [-0.05, 0) is 59.4 Å². The van der Waals surface area contributed by atoms with Crippen molar-refractivity contribution in [1.29, 1.82) is 0 Å². The molecule has 0 aliphatic carbocycles. The van der Waals surface area contributed by atoms with Gasteiger partial charge in [0.15, 0.2) is 0 Å². The second-order valence-electron chi connectivity index (χ2n) is 8.05. The van der Waals surface area contributed by atoms with Crippen LogP contribution >= 0.6 is 0 Å². The zero-order valence-electron chi connectivity index (χ0n) is 15.2. The van der Waals surface area contributed by atoms with E-state index in [1.54, 1.807) is 0 Å². The summed E-state index contributed by atoms with van der Waals surface area (Å²) in [5.74, 6) is 1.75. The number of rotatable bonds is 4. The van der Waals surface area contributed by atoms with E-state index in [9.17, 15) is 0 Å². The van der Waals surface area contributed by atoms with E-state index in [2.05, 4.69) is 56.2 Å². The summed E-state index contributed by atoms with van der Waals surface area (Å²) in [7, 11) is 0. The van der Waals surface area contributed by atoms with Crippen molar-refractivity contribution in [3.8, 4) is 0 Å². The van der Waals surface area contributed by atoms with Gasteiger partial charge in [0, 0.05) is 50.8 Å². The number of hydrogen-bond donors (Lipinski definition) is 0. The Labute approximate surface area is 132 Å². The van der Waals surface area contributed by atoms with Crippen LogP contribution in [0.3, 0.4) is 0 Å². The molecule has 21 heavy (non-hydrogen) atoms. The highest BCUT2D eigenvalue weighted by Crippen LogP contribution is 2.26. The van der Waals surface area contributed by atoms with Crippen LogP contribution in [0.4, 0.5) is 0 Å². The van der Waals surface area contributed by atoms with Crippen molar-refractivity contribution in [3.05, 3.63) is 0 Å². The third-order valence-corrected chi connectivity index (χ3v) is 5.76. The molecule has 0 amide bonds. The topological polar surface area (TPSA) is 9.72 Å². The summed E-state index contributed by atoms with van der Waals surface area (Å²) in [5.41, 5.74) is 0. The van der Waals surface area contributed by atoms with Gasteiger partial charge < -0.3 is 9.80 Å². The van der Waals surface area contributed by atoms with Crippen molar-refractivity contribution >= 4 is 0 Å². The molecule has 0 bridgehead atoms. The molecule has 3 heteroatoms. The molecule has 3 unspecified atom stereocenters. The van der Waals surface area contributed by atoms with Crippen LogP contribution in [0, 0.1) is 11.8 Å². The predicted molar refractivity (Wildman–Crippen MR) is 91.7 cm³/mol. The number of hydrogen-bond acceptors (Lipinski definition) is 3. The number of piperazine rings is 1. The van der Waals surface area contributed by atoms with Crippen molar-refractivity contribution in [2.75, 3.05) is 39.3 Å². The van der Waals surface area contributed by atoms with Crippen LogP contribution in [0.5, 0.6) is 0 Å². The van der Waals surface area contributed by atoms with E-state index in [4.69, 9.17) is 0 Å². The minimum absolute atomic E-state index is 0.690. The summed E-state index contributed by atoms with van der Waals surface area (Å²) in [4.78, 5) is 8.04. The summed E-state index contributed by atoms with van der Waals surface area (Å²) in [6.45, 7) is 21.9. The molecule has 124 valence electrons. The van der Waals surface area contributed by atoms with Gasteiger partial charge in [0.05, 0.1) is 0 Å². The van der Waals surface area contributed by atoms with Gasteiger partial charge in [0.1, 0.15) is 0 Å². The molecule has 2 rings (SSSR count). The van der Waals surface area contributed by atoms with Crippen LogP contribution in [0.15, 0.2) is 0 Å². The maximum atomic E-state index is 2.73. The third kappa shape index (κ3) is 4.43. The van der Waals surface area contributed by atoms with Gasteiger partial charge in [-0.3, -0.25) is 4.90 Å². The van der Waals surface area contributed by atoms with Crippen molar-refractivity contribution in [3.63, 3.8) is 0 Å². The molecule has 0 radical (unpaired) electrons. The number of nitrogens with zero attached hydrogens (tertiary/aromatic N) is 3. The molecule has 2 heterocycles. The Hall–Kier alpha value is -0.120. The Morgan fingerprint density at radius 1 is 0.905 bits per heavy atom. The molecule has 0 aromatic heterocycles. The Morgan fingerprint density at radius 2 is 1.62 bits per heavy atom. The molecule has 3 atom stereocenters. The summed E-state index contributed by atoms with van der Waals surface area (Å²) >= 11 is 0. The minimum Gasteiger partial charge on any atom is -0.301 e. The highest BCUT2D eigenvalue weighted by Gasteiger charge is 2.31. The quantitative estimate of drug-likeness (QED) is 0.789. The van der Waals surface area contributed by atoms with Gasteiger partial charge in [-0.1, -0.05) is 6.92 Å². The Morgan fingerprint density at radius 3 is 2.14 bits per heavy atom. The Bertz CT molecular complexity index is 316. The second-order valence-corrected chi connectivity index (χ2v) is 8.05. The molecule has 0 spiro atoms. The molecular formula is C18H37N3. The first-order valence-electron chi connectivity index (χ1n) is 9.10. The van der Waals surface area contributed by atoms with Crippen LogP contribution in [0.1, 0.15) is 48.0 Å². The number of likely N-dealkylation sites (tertiary alicyclic amines) is 1. The lowest BCUT2D eigenvalue weighted by Gasteiger charge is -2.45. The average Bonchev–Trinajstić information content (AvgIpc) is 2.40. The minimum atomic E-state index is 0.690. The average molecular weight is 296 g/mol. The van der Waals surface area contributed by atoms with Gasteiger partial charge in [0.2, 0.25) is 0 Å². The van der Waals surface area contributed by atoms with Crippen LogP contribution in [0.25, 0.3) is 0 Å². The highest BCUT2D eigenvalue weighted by atomic mass is 15.3. The normalized spacial score (nSPS) is 34.0. The fraction of sp³-hybridized carbons (Fsp3) is 1.00. The standard InChI is InChI=1S/C18H37N3/c1-14(2)20-8-7-18(16(5)11-20)13-19-9-10-21(15(3)4)17(6)12-19/h14-18H,7-13H2,1-6H3. The molecular weight excluding hydrogens is 258 g/mol. The molecule has 3 nitrogen and oxygen atoms in total. The Kier molecular flexibility index (Phi) is 6.10. The Balaban J connectivity index is 1.81. The van der Waals surface area contributed by atoms with Crippen LogP contribution in [-0.4, -0.2) is 72.1 Å². The highest BCUT2D eigenvalue weighted by molar-refractivity contribution is 4.86. The maximum absolute atomic E-state index is 2.73. The lowest BCUT2D eigenvalue weighted by atomic mass is 9.85. The van der Waals surface area contributed by atoms with E-state index in [-0.39, 0.29) is 0 Å². The van der Waals surface area contributed by atoms with Crippen LogP contribution in [0.2, 0.25) is 0 Å². The van der Waals surface area contributed by atoms with E-state index in [1.165, 1.54) is 45.7 Å². The molecule has 2 fully saturated rings. The second kappa shape index (κ2) is 7.43. The third-order valence-electron chi connectivity index (χ3n) is 5.76. The molecule has 2 aliphatic heterocycles. The maximum Gasteiger partial charge on any atom is 0.0198 e. The van der Waals surface area contributed by atoms with Crippen molar-refractivity contribution in [1.82, 2.24) is 14.7 Å². The largest absolute Gasteiger partial charge is 0.301 e. The SMILES string of the molecule is CC1CN(C(C)C)CCC1CN1CCN(C(C)C)C(C)C1. The van der Waals surface area contributed by atoms with E-state index in [1.807, 2.05) is 0 Å². The monoisotopic (exact) mass is 295 g/mol. The summed E-state index contributed by atoms with van der Waals surface area (Å²) in [5, 5.41) is 0. The van der Waals surface area contributed by atoms with E-state index < -0.39 is 0 Å². The van der Waals surface area contributed by atoms with Crippen LogP contribution < -0.4 is 0 Å². The number of piperidine rings is 1. The predicted octanol–water partition coefficient (Wildman–Crippen LogP) is 2.77. The van der Waals surface area contributed by atoms with Gasteiger partial charge in [-0.25, -0.2) is 0 Å². The first-order chi connectivity index (χ1) is 9.88. The molecule has 0 aromatic rings. The molecule has 0 saturated carbocycles. The van der Waals surface area contributed by atoms with Gasteiger partial charge in [-0.15, -0.1) is 0 Å². The molecule has 2 aliphatic rings. The summed E-state index contributed by atoms with van der Waals surface area (Å²) in [6.07, 6.45) is 1.39. The van der Waals surface area contributed by atoms with Crippen molar-refractivity contribution in [2.24, 2.45) is 11.8 Å². The lowest BCUT2D eigenvalue weighted by molar-refractivity contribution is 0.0281. The van der Waals surface area contributed by atoms with E-state index in [0.29, 0.717) is 18.1 Å². The molecule has 2 saturated heterocycles. The van der Waals surface area contributed by atoms with Gasteiger partial charge in [-0.2, -0.15) is 0 Å². The lowest BCUT2D eigenvalue weighted by Crippen LogP contribution is -2.56. The smallest absolute Gasteiger partial charge is 0.0198 e. The summed E-state index contributed by atoms with van der Waals surface area (Å²) in [6, 6.07) is 2.11. The first kappa shape index (κ1) is 17.2. The van der Waals surface area contributed by atoms with Gasteiger partial charge >= 0.3 is 0 Å². The molecule has 0 N–H and O–H groups in total. The fourth-order valence-electron chi connectivity index (χ4n) is 4.28. The van der Waals surface area contributed by atoms with Gasteiger partial charge in [0.25, 0.3) is 0 Å². The van der Waals surface area contributed by atoms with E-state index >= 15 is 0 Å². The van der Waals surface area contributed by atoms with Crippen molar-refractivity contribution < 1.29 is 0 Å². The van der Waals surface area contributed by atoms with Crippen LogP contribution in [-0.2, 0) is 0 Å². The zero-order chi connectivity index (χ0) is 15.6. The summed E-state index contributed by atoms with van der Waals surface area (Å²) < 4.78 is 0. The fourth-order valence-corrected chi connectivity index (χ4v) is 4.28. The zero-order valence-corrected chi connectivity index (χ0v) is 15.2. The van der Waals surface area contributed by atoms with E-state index in [0.717, 1.165) is 11.8 Å². The first-order valence-corrected chi connectivity index (χ1v) is 9.10. The van der Waals surface area contributed by atoms with Crippen molar-refractivity contribution in [2.45, 2.75) is 66.1 Å². The molecule has 0 aromatic carbocycles.